The summed E-state index contributed by atoms with van der Waals surface area (Å²) in [7, 11) is 5.95. The first kappa shape index (κ1) is 76.3. The minimum Gasteiger partial charge on any atom is -0.545 e. The van der Waals surface area contributed by atoms with E-state index in [9.17, 15) is 19.5 Å². The van der Waals surface area contributed by atoms with E-state index in [2.05, 4.69) is 13.8 Å². The summed E-state index contributed by atoms with van der Waals surface area (Å²) >= 11 is 0. The largest absolute Gasteiger partial charge is 0.545 e. The van der Waals surface area contributed by atoms with Gasteiger partial charge in [-0.1, -0.05) is 341 Å². The molecule has 0 fully saturated rings. The Morgan fingerprint density at radius 2 is 0.577 bits per heavy atom. The van der Waals surface area contributed by atoms with Crippen LogP contribution in [-0.2, 0) is 33.3 Å². The number of hydrogen-bond acceptors (Lipinski definition) is 8. The monoisotopic (exact) mass is 1110 g/mol. The van der Waals surface area contributed by atoms with Crippen LogP contribution < -0.4 is 5.11 Å². The van der Waals surface area contributed by atoms with Crippen molar-refractivity contribution in [2.75, 3.05) is 47.5 Å². The highest BCUT2D eigenvalue weighted by Gasteiger charge is 2.22. The number of unbranched alkanes of at least 4 members (excludes halogenated alkanes) is 51. The second-order valence-corrected chi connectivity index (χ2v) is 25.2. The molecule has 0 aliphatic carbocycles. The maximum absolute atomic E-state index is 12.9. The van der Waals surface area contributed by atoms with Gasteiger partial charge in [0.05, 0.1) is 40.3 Å². The lowest BCUT2D eigenvalue weighted by Crippen LogP contribution is -2.44. The molecule has 0 saturated heterocycles. The average molecular weight is 1110 g/mol. The topological polar surface area (TPSA) is 111 Å². The molecule has 0 aromatic rings. The number of aliphatic carboxylic acids is 1. The van der Waals surface area contributed by atoms with Crippen LogP contribution in [0.5, 0.6) is 0 Å². The zero-order valence-corrected chi connectivity index (χ0v) is 53.1. The van der Waals surface area contributed by atoms with Crippen molar-refractivity contribution >= 4 is 17.9 Å². The van der Waals surface area contributed by atoms with Gasteiger partial charge in [-0.3, -0.25) is 9.59 Å². The SMILES string of the molecule is CCCCCCCCCCCCCCCCCCCCCCCCCCCCCCCCC(=O)OC(COC(=O)CCCCCCCCCCCCCCCCCCCCCCCCC)COC(OCC[N+](C)(C)C)C(=O)[O-]. The van der Waals surface area contributed by atoms with E-state index < -0.39 is 24.3 Å². The maximum atomic E-state index is 12.9. The van der Waals surface area contributed by atoms with Crippen molar-refractivity contribution in [3.05, 3.63) is 0 Å². The standard InChI is InChI=1S/C69H135NO8/c1-6-8-10-12-14-16-18-20-22-24-26-28-30-31-32-33-34-35-36-38-40-42-44-46-48-50-52-54-56-58-60-67(72)78-65(64-77-69(68(73)74)75-62-61-70(3,4)5)63-76-66(71)59-57-55-53-51-49-47-45-43-41-39-37-29-27-25-23-21-19-17-15-13-11-9-7-2/h65,69H,6-64H2,1-5H3. The molecular formula is C69H135NO8. The van der Waals surface area contributed by atoms with E-state index in [1.165, 1.54) is 302 Å². The summed E-state index contributed by atoms with van der Waals surface area (Å²) in [5, 5.41) is 11.8. The van der Waals surface area contributed by atoms with Crippen LogP contribution in [0.3, 0.4) is 0 Å². The lowest BCUT2D eigenvalue weighted by Gasteiger charge is -2.26. The predicted octanol–water partition coefficient (Wildman–Crippen LogP) is 19.8. The molecule has 9 nitrogen and oxygen atoms in total. The molecule has 464 valence electrons. The highest BCUT2D eigenvalue weighted by atomic mass is 16.7. The molecule has 2 unspecified atom stereocenters. The smallest absolute Gasteiger partial charge is 0.306 e. The Morgan fingerprint density at radius 3 is 0.821 bits per heavy atom. The van der Waals surface area contributed by atoms with Gasteiger partial charge < -0.3 is 33.3 Å². The summed E-state index contributed by atoms with van der Waals surface area (Å²) < 4.78 is 22.8. The van der Waals surface area contributed by atoms with E-state index in [0.29, 0.717) is 17.4 Å². The molecule has 0 N–H and O–H groups in total. The Balaban J connectivity index is 4.04. The summed E-state index contributed by atoms with van der Waals surface area (Å²) in [6.45, 7) is 4.84. The van der Waals surface area contributed by atoms with E-state index in [-0.39, 0.29) is 32.2 Å². The first-order valence-electron chi connectivity index (χ1n) is 34.7. The first-order chi connectivity index (χ1) is 38.1. The van der Waals surface area contributed by atoms with Crippen molar-refractivity contribution in [3.8, 4) is 0 Å². The van der Waals surface area contributed by atoms with Gasteiger partial charge in [-0.25, -0.2) is 0 Å². The van der Waals surface area contributed by atoms with Crippen LogP contribution >= 0.6 is 0 Å². The van der Waals surface area contributed by atoms with Crippen LogP contribution in [0.4, 0.5) is 0 Å². The normalized spacial score (nSPS) is 12.6. The number of rotatable bonds is 66. The molecule has 0 heterocycles. The molecule has 0 aromatic carbocycles. The lowest BCUT2D eigenvalue weighted by atomic mass is 10.0. The number of carbonyl (C=O) groups is 3. The number of carbonyl (C=O) groups excluding carboxylic acids is 3. The predicted molar refractivity (Wildman–Crippen MR) is 330 cm³/mol. The highest BCUT2D eigenvalue weighted by Crippen LogP contribution is 2.19. The van der Waals surface area contributed by atoms with E-state index in [0.717, 1.165) is 38.5 Å². The first-order valence-corrected chi connectivity index (χ1v) is 34.7. The molecule has 0 bridgehead atoms. The van der Waals surface area contributed by atoms with Crippen LogP contribution in [0.15, 0.2) is 0 Å². The fraction of sp³-hybridized carbons (Fsp3) is 0.957. The Labute approximate surface area is 485 Å². The maximum Gasteiger partial charge on any atom is 0.306 e. The second-order valence-electron chi connectivity index (χ2n) is 25.2. The summed E-state index contributed by atoms with van der Waals surface area (Å²) in [4.78, 5) is 37.4. The van der Waals surface area contributed by atoms with E-state index >= 15 is 0 Å². The third-order valence-electron chi connectivity index (χ3n) is 16.1. The van der Waals surface area contributed by atoms with Crippen LogP contribution in [-0.4, -0.2) is 82.3 Å². The molecule has 0 aliphatic heterocycles. The molecule has 9 heteroatoms. The number of likely N-dealkylation sites (N-methyl/N-ethyl adjacent to an activating group) is 1. The van der Waals surface area contributed by atoms with Crippen LogP contribution in [0.2, 0.25) is 0 Å². The summed E-state index contributed by atoms with van der Waals surface area (Å²) in [5.74, 6) is -2.24. The minimum atomic E-state index is -1.62. The lowest BCUT2D eigenvalue weighted by molar-refractivity contribution is -0.870. The average Bonchev–Trinajstić information content (AvgIpc) is 3.41. The molecule has 0 amide bonds. The van der Waals surface area contributed by atoms with Gasteiger partial charge in [0.1, 0.15) is 13.2 Å². The quantitative estimate of drug-likeness (QED) is 0.0256. The third-order valence-corrected chi connectivity index (χ3v) is 16.1. The van der Waals surface area contributed by atoms with Gasteiger partial charge >= 0.3 is 11.9 Å². The van der Waals surface area contributed by atoms with Crippen molar-refractivity contribution in [1.29, 1.82) is 0 Å². The van der Waals surface area contributed by atoms with Gasteiger partial charge in [0.25, 0.3) is 0 Å². The fourth-order valence-electron chi connectivity index (χ4n) is 10.8. The van der Waals surface area contributed by atoms with Crippen LogP contribution in [0, 0.1) is 0 Å². The van der Waals surface area contributed by atoms with Gasteiger partial charge in [-0.05, 0) is 12.8 Å². The summed E-state index contributed by atoms with van der Waals surface area (Å²) in [6.07, 6.45) is 69.0. The van der Waals surface area contributed by atoms with Gasteiger partial charge in [0, 0.05) is 12.8 Å². The van der Waals surface area contributed by atoms with Crippen molar-refractivity contribution in [2.45, 2.75) is 379 Å². The minimum absolute atomic E-state index is 0.154. The molecule has 0 radical (unpaired) electrons. The van der Waals surface area contributed by atoms with Crippen molar-refractivity contribution in [2.24, 2.45) is 0 Å². The molecule has 2 atom stereocenters. The van der Waals surface area contributed by atoms with E-state index in [4.69, 9.17) is 18.9 Å². The molecule has 0 spiro atoms. The number of carboxylic acids is 1. The highest BCUT2D eigenvalue weighted by molar-refractivity contribution is 5.70. The Kier molecular flexibility index (Phi) is 60.0. The van der Waals surface area contributed by atoms with Crippen LogP contribution in [0.1, 0.15) is 367 Å². The van der Waals surface area contributed by atoms with Gasteiger partial charge in [-0.2, -0.15) is 0 Å². The van der Waals surface area contributed by atoms with E-state index in [1.54, 1.807) is 0 Å². The second kappa shape index (κ2) is 61.4. The van der Waals surface area contributed by atoms with E-state index in [1.807, 2.05) is 21.1 Å². The van der Waals surface area contributed by atoms with Crippen LogP contribution in [0.25, 0.3) is 0 Å². The van der Waals surface area contributed by atoms with Crippen molar-refractivity contribution < 1.29 is 42.9 Å². The van der Waals surface area contributed by atoms with Gasteiger partial charge in [-0.15, -0.1) is 0 Å². The zero-order valence-electron chi connectivity index (χ0n) is 53.1. The molecule has 0 aliphatic rings. The molecular weight excluding hydrogens is 971 g/mol. The Bertz CT molecular complexity index is 1240. The van der Waals surface area contributed by atoms with Gasteiger partial charge in [0.2, 0.25) is 0 Å². The number of carboxylic acid groups (broad SMARTS) is 1. The fourth-order valence-corrected chi connectivity index (χ4v) is 10.8. The molecule has 78 heavy (non-hydrogen) atoms. The number of quaternary nitrogens is 1. The number of hydrogen-bond donors (Lipinski definition) is 0. The molecule has 0 aromatic heterocycles. The molecule has 0 saturated carbocycles. The van der Waals surface area contributed by atoms with Crippen molar-refractivity contribution in [1.82, 2.24) is 0 Å². The summed E-state index contributed by atoms with van der Waals surface area (Å²) in [6, 6.07) is 0. The Morgan fingerprint density at radius 1 is 0.333 bits per heavy atom. The summed E-state index contributed by atoms with van der Waals surface area (Å²) in [5.41, 5.74) is 0. The molecule has 0 rings (SSSR count). The zero-order chi connectivity index (χ0) is 56.9. The Hall–Kier alpha value is -1.71. The van der Waals surface area contributed by atoms with Crippen molar-refractivity contribution in [3.63, 3.8) is 0 Å². The third kappa shape index (κ3) is 61.9. The number of esters is 2. The van der Waals surface area contributed by atoms with Gasteiger partial charge in [0.15, 0.2) is 12.4 Å². The number of nitrogens with zero attached hydrogens (tertiary/aromatic N) is 1. The number of ether oxygens (including phenoxy) is 4.